The first kappa shape index (κ1) is 31.6. The zero-order valence-corrected chi connectivity index (χ0v) is 27.2. The Morgan fingerprint density at radius 2 is 1.61 bits per heavy atom. The van der Waals surface area contributed by atoms with Gasteiger partial charge in [0.25, 0.3) is 8.32 Å². The summed E-state index contributed by atoms with van der Waals surface area (Å²) in [5, 5.41) is 1.72. The molecule has 232 valence electrons. The van der Waals surface area contributed by atoms with Crippen LogP contribution in [0.3, 0.4) is 0 Å². The third-order valence-corrected chi connectivity index (χ3v) is 13.2. The number of carbonyl (C=O) groups is 2. The molecule has 5 rings (SSSR count). The van der Waals surface area contributed by atoms with E-state index in [9.17, 15) is 9.59 Å². The number of esters is 2. The van der Waals surface area contributed by atoms with Gasteiger partial charge < -0.3 is 24.4 Å². The summed E-state index contributed by atoms with van der Waals surface area (Å²) in [5.74, 6) is -1.09. The lowest BCUT2D eigenvalue weighted by molar-refractivity contribution is -0.181. The second kappa shape index (κ2) is 11.9. The zero-order valence-electron chi connectivity index (χ0n) is 25.5. The number of nitrogens with two attached hydrogens (primary N) is 1. The number of imidazole rings is 1. The van der Waals surface area contributed by atoms with Crippen LogP contribution in [0.4, 0.5) is 5.82 Å². The highest BCUT2D eigenvalue weighted by Crippen LogP contribution is 2.45. The van der Waals surface area contributed by atoms with Gasteiger partial charge in [-0.3, -0.25) is 14.2 Å². The molecule has 1 aliphatic heterocycles. The molecule has 0 aliphatic carbocycles. The number of rotatable bonds is 8. The molecular weight excluding hydrogens is 602 g/mol. The molecule has 4 aromatic rings. The molecule has 0 spiro atoms. The average Bonchev–Trinajstić information content (AvgIpc) is 3.48. The number of anilines is 1. The van der Waals surface area contributed by atoms with Crippen LogP contribution in [0.15, 0.2) is 67.0 Å². The van der Waals surface area contributed by atoms with Crippen molar-refractivity contribution in [3.05, 3.63) is 72.3 Å². The number of carbonyl (C=O) groups excluding carboxylic acids is 2. The van der Waals surface area contributed by atoms with Crippen molar-refractivity contribution in [3.8, 4) is 0 Å². The van der Waals surface area contributed by atoms with Gasteiger partial charge in [0.15, 0.2) is 29.4 Å². The van der Waals surface area contributed by atoms with Crippen molar-refractivity contribution in [1.82, 2.24) is 19.5 Å². The van der Waals surface area contributed by atoms with Gasteiger partial charge in [0, 0.05) is 13.8 Å². The van der Waals surface area contributed by atoms with E-state index in [1.165, 1.54) is 20.2 Å². The predicted octanol–water partition coefficient (Wildman–Crippen LogP) is 3.79. The number of fused-ring (bicyclic) bond motifs is 1. The van der Waals surface area contributed by atoms with Crippen molar-refractivity contribution in [2.45, 2.75) is 70.6 Å². The molecular formula is C31H36ClN5O6Si. The number of hydrogen-bond donors (Lipinski definition) is 1. The number of halogens is 1. The van der Waals surface area contributed by atoms with E-state index < -0.39 is 44.3 Å². The third-order valence-electron chi connectivity index (χ3n) is 7.99. The molecule has 0 radical (unpaired) electrons. The summed E-state index contributed by atoms with van der Waals surface area (Å²) in [4.78, 5) is 37.6. The Balaban J connectivity index is 1.63. The Morgan fingerprint density at radius 3 is 2.14 bits per heavy atom. The summed E-state index contributed by atoms with van der Waals surface area (Å²) in [5.41, 5.74) is 5.15. The first-order valence-electron chi connectivity index (χ1n) is 14.2. The van der Waals surface area contributed by atoms with Gasteiger partial charge in [-0.1, -0.05) is 81.4 Å². The second-order valence-electron chi connectivity index (χ2n) is 12.0. The molecule has 0 amide bonds. The van der Waals surface area contributed by atoms with Crippen molar-refractivity contribution in [2.24, 2.45) is 0 Å². The van der Waals surface area contributed by atoms with E-state index in [2.05, 4.69) is 60.0 Å². The quantitative estimate of drug-likeness (QED) is 0.172. The molecule has 1 saturated heterocycles. The van der Waals surface area contributed by atoms with Gasteiger partial charge in [-0.15, -0.1) is 0 Å². The lowest BCUT2D eigenvalue weighted by Gasteiger charge is -2.44. The summed E-state index contributed by atoms with van der Waals surface area (Å²) in [6.45, 7) is 10.7. The van der Waals surface area contributed by atoms with E-state index in [1.54, 1.807) is 11.5 Å². The molecule has 0 bridgehead atoms. The molecule has 0 saturated carbocycles. The number of ether oxygens (including phenoxy) is 3. The van der Waals surface area contributed by atoms with Gasteiger partial charge in [-0.25, -0.2) is 4.98 Å². The summed E-state index contributed by atoms with van der Waals surface area (Å²) >= 11 is 6.14. The number of hydrogen-bond acceptors (Lipinski definition) is 10. The Kier molecular flexibility index (Phi) is 8.55. The van der Waals surface area contributed by atoms with Crippen molar-refractivity contribution in [3.63, 3.8) is 0 Å². The number of benzene rings is 2. The minimum Gasteiger partial charge on any atom is -0.453 e. The van der Waals surface area contributed by atoms with E-state index in [1.807, 2.05) is 36.4 Å². The lowest BCUT2D eigenvalue weighted by Crippen LogP contribution is -2.67. The normalized spacial score (nSPS) is 22.2. The van der Waals surface area contributed by atoms with E-state index in [0.717, 1.165) is 10.4 Å². The maximum Gasteiger partial charge on any atom is 0.303 e. The zero-order chi connectivity index (χ0) is 31.9. The van der Waals surface area contributed by atoms with E-state index in [-0.39, 0.29) is 28.4 Å². The van der Waals surface area contributed by atoms with Crippen LogP contribution in [-0.4, -0.2) is 64.2 Å². The Labute approximate surface area is 261 Å². The smallest absolute Gasteiger partial charge is 0.303 e. The molecule has 2 N–H and O–H groups in total. The van der Waals surface area contributed by atoms with Gasteiger partial charge in [0.05, 0.1) is 12.9 Å². The van der Waals surface area contributed by atoms with E-state index in [4.69, 9.17) is 36.0 Å². The highest BCUT2D eigenvalue weighted by molar-refractivity contribution is 6.99. The molecule has 1 aliphatic rings. The monoisotopic (exact) mass is 637 g/mol. The maximum absolute atomic E-state index is 12.6. The number of nitrogens with zero attached hydrogens (tertiary/aromatic N) is 4. The molecule has 4 atom stereocenters. The molecule has 1 fully saturated rings. The van der Waals surface area contributed by atoms with Crippen molar-refractivity contribution in [2.75, 3.05) is 12.3 Å². The average molecular weight is 638 g/mol. The Hall–Kier alpha value is -3.84. The van der Waals surface area contributed by atoms with Crippen LogP contribution < -0.4 is 16.1 Å². The summed E-state index contributed by atoms with van der Waals surface area (Å²) in [7, 11) is -3.02. The fourth-order valence-electron chi connectivity index (χ4n) is 6.10. The fourth-order valence-corrected chi connectivity index (χ4v) is 10.8. The van der Waals surface area contributed by atoms with Crippen LogP contribution in [0.1, 0.15) is 47.8 Å². The highest BCUT2D eigenvalue weighted by atomic mass is 35.5. The lowest BCUT2D eigenvalue weighted by atomic mass is 9.94. The second-order valence-corrected chi connectivity index (χ2v) is 16.6. The molecule has 13 heteroatoms. The van der Waals surface area contributed by atoms with Gasteiger partial charge >= 0.3 is 11.9 Å². The van der Waals surface area contributed by atoms with Crippen LogP contribution in [0.5, 0.6) is 0 Å². The van der Waals surface area contributed by atoms with Gasteiger partial charge in [-0.05, 0) is 33.9 Å². The first-order chi connectivity index (χ1) is 20.8. The summed E-state index contributed by atoms with van der Waals surface area (Å²) in [6.07, 6.45) is -1.56. The molecule has 44 heavy (non-hydrogen) atoms. The van der Waals surface area contributed by atoms with Crippen molar-refractivity contribution < 1.29 is 28.2 Å². The summed E-state index contributed by atoms with van der Waals surface area (Å²) in [6, 6.07) is 20.3. The standard InChI is InChI=1S/C31H36ClN5O6Si/c1-19(38)41-25-28(37-18-34-24-26(33)35-29(32)36-27(24)37)42-23(31(25,6)43-20(2)39)17-40-44(30(3,4)5,21-13-9-7-10-14-21)22-15-11-8-12-16-22/h7-16,18,23,25,28H,17H2,1-6H3,(H2,33,35,36)/t23-,25+,28-,31-/m1/s1. The highest BCUT2D eigenvalue weighted by Gasteiger charge is 2.61. The van der Waals surface area contributed by atoms with Crippen molar-refractivity contribution in [1.29, 1.82) is 0 Å². The number of aromatic nitrogens is 4. The minimum atomic E-state index is -3.02. The molecule has 2 aromatic carbocycles. The summed E-state index contributed by atoms with van der Waals surface area (Å²) < 4.78 is 27.1. The molecule has 11 nitrogen and oxygen atoms in total. The Morgan fingerprint density at radius 1 is 1.02 bits per heavy atom. The van der Waals surface area contributed by atoms with E-state index >= 15 is 0 Å². The van der Waals surface area contributed by atoms with Crippen molar-refractivity contribution >= 4 is 59.2 Å². The van der Waals surface area contributed by atoms with Crippen LogP contribution >= 0.6 is 11.6 Å². The molecule has 2 aromatic heterocycles. The maximum atomic E-state index is 12.6. The van der Waals surface area contributed by atoms with Crippen LogP contribution in [0, 0.1) is 0 Å². The van der Waals surface area contributed by atoms with Crippen LogP contribution in [0.2, 0.25) is 10.3 Å². The van der Waals surface area contributed by atoms with Gasteiger partial charge in [0.2, 0.25) is 5.28 Å². The van der Waals surface area contributed by atoms with Gasteiger partial charge in [0.1, 0.15) is 11.6 Å². The molecule has 0 unspecified atom stereocenters. The van der Waals surface area contributed by atoms with Crippen LogP contribution in [-0.2, 0) is 28.2 Å². The van der Waals surface area contributed by atoms with Gasteiger partial charge in [-0.2, -0.15) is 9.97 Å². The predicted molar refractivity (Wildman–Crippen MR) is 168 cm³/mol. The fraction of sp³-hybridized carbons (Fsp3) is 0.387. The SMILES string of the molecule is CC(=O)O[C@H]1[C@H](n2cnc3c(N)nc(Cl)nc32)O[C@H](CO[Si](c2ccccc2)(c2ccccc2)C(C)(C)C)[C@@]1(C)OC(C)=O. The van der Waals surface area contributed by atoms with Crippen LogP contribution in [0.25, 0.3) is 11.2 Å². The third kappa shape index (κ3) is 5.58. The Bertz CT molecular complexity index is 1630. The largest absolute Gasteiger partial charge is 0.453 e. The first-order valence-corrected chi connectivity index (χ1v) is 16.5. The van der Waals surface area contributed by atoms with E-state index in [0.29, 0.717) is 5.52 Å². The topological polar surface area (TPSA) is 141 Å². The molecule has 3 heterocycles. The minimum absolute atomic E-state index is 0.00976. The number of nitrogen functional groups attached to an aromatic ring is 1.